The lowest BCUT2D eigenvalue weighted by Crippen LogP contribution is -2.60. The second-order valence-electron chi connectivity index (χ2n) is 9.79. The minimum absolute atomic E-state index is 0.0755. The number of nitrogens with one attached hydrogen (secondary N) is 3. The van der Waals surface area contributed by atoms with E-state index in [4.69, 9.17) is 0 Å². The number of carboxylic acid groups (broad SMARTS) is 1. The Morgan fingerprint density at radius 3 is 2.61 bits per heavy atom. The average molecular weight is 525 g/mol. The second-order valence-corrected chi connectivity index (χ2v) is 9.79. The topological polar surface area (TPSA) is 154 Å². The fraction of sp³-hybridized carbons (Fsp3) is 0.481. The van der Waals surface area contributed by atoms with Crippen LogP contribution in [0.5, 0.6) is 0 Å². The molecule has 11 heteroatoms. The van der Waals surface area contributed by atoms with Gasteiger partial charge in [0.1, 0.15) is 18.1 Å². The highest BCUT2D eigenvalue weighted by Crippen LogP contribution is 2.16. The lowest BCUT2D eigenvalue weighted by molar-refractivity contribution is -0.148. The molecule has 3 rings (SSSR count). The summed E-state index contributed by atoms with van der Waals surface area (Å²) in [6.07, 6.45) is 5.40. The first kappa shape index (κ1) is 28.7. The molecule has 0 bridgehead atoms. The van der Waals surface area contributed by atoms with Gasteiger partial charge in [-0.05, 0) is 55.9 Å². The largest absolute Gasteiger partial charge is 0.480 e. The molecule has 3 amide bonds. The SMILES string of the molecule is CCc1cc2cc(/C=C/CC(=O)NC(C(=O)N[C@@H](C)C(=O)N3CCC[C@@H](C(=O)O)N3)C(C)C)ccc2nn1. The minimum Gasteiger partial charge on any atom is -0.480 e. The zero-order chi connectivity index (χ0) is 27.8. The molecular formula is C27H36N6O5. The zero-order valence-electron chi connectivity index (χ0n) is 22.2. The monoisotopic (exact) mass is 524 g/mol. The van der Waals surface area contributed by atoms with Crippen LogP contribution in [0.1, 0.15) is 58.2 Å². The van der Waals surface area contributed by atoms with Crippen LogP contribution in [0.3, 0.4) is 0 Å². The van der Waals surface area contributed by atoms with E-state index in [9.17, 15) is 24.3 Å². The van der Waals surface area contributed by atoms with Gasteiger partial charge >= 0.3 is 5.97 Å². The summed E-state index contributed by atoms with van der Waals surface area (Å²) in [4.78, 5) is 49.5. The number of fused-ring (bicyclic) bond motifs is 1. The van der Waals surface area contributed by atoms with Gasteiger partial charge in [-0.25, -0.2) is 5.43 Å². The maximum absolute atomic E-state index is 12.9. The predicted octanol–water partition coefficient (Wildman–Crippen LogP) is 1.82. The van der Waals surface area contributed by atoms with E-state index in [1.807, 2.05) is 37.3 Å². The van der Waals surface area contributed by atoms with Crippen molar-refractivity contribution in [2.24, 2.45) is 5.92 Å². The van der Waals surface area contributed by atoms with E-state index >= 15 is 0 Å². The smallest absolute Gasteiger partial charge is 0.322 e. The Balaban J connectivity index is 1.55. The molecule has 11 nitrogen and oxygen atoms in total. The molecule has 3 atom stereocenters. The number of aliphatic carboxylic acids is 1. The molecule has 1 fully saturated rings. The Morgan fingerprint density at radius 2 is 1.92 bits per heavy atom. The van der Waals surface area contributed by atoms with Gasteiger partial charge in [0.2, 0.25) is 11.8 Å². The molecule has 0 aliphatic carbocycles. The van der Waals surface area contributed by atoms with Crippen LogP contribution in [0.25, 0.3) is 17.0 Å². The van der Waals surface area contributed by atoms with E-state index in [1.54, 1.807) is 19.9 Å². The van der Waals surface area contributed by atoms with Crippen molar-refractivity contribution in [1.29, 1.82) is 0 Å². The molecule has 0 spiro atoms. The van der Waals surface area contributed by atoms with Crippen LogP contribution < -0.4 is 16.1 Å². The van der Waals surface area contributed by atoms with Crippen molar-refractivity contribution in [3.05, 3.63) is 41.6 Å². The molecule has 2 aromatic rings. The average Bonchev–Trinajstić information content (AvgIpc) is 2.90. The van der Waals surface area contributed by atoms with Crippen LogP contribution in [0, 0.1) is 5.92 Å². The third-order valence-corrected chi connectivity index (χ3v) is 6.38. The molecule has 0 saturated carbocycles. The number of hydrazine groups is 1. The number of carboxylic acids is 1. The fourth-order valence-electron chi connectivity index (χ4n) is 4.17. The van der Waals surface area contributed by atoms with Gasteiger partial charge in [0.25, 0.3) is 5.91 Å². The summed E-state index contributed by atoms with van der Waals surface area (Å²) in [5.74, 6) is -2.49. The first-order valence-corrected chi connectivity index (χ1v) is 12.9. The number of hydrogen-bond donors (Lipinski definition) is 4. The first-order chi connectivity index (χ1) is 18.1. The zero-order valence-corrected chi connectivity index (χ0v) is 22.2. The van der Waals surface area contributed by atoms with Gasteiger partial charge in [-0.3, -0.25) is 24.2 Å². The Bertz CT molecular complexity index is 1210. The van der Waals surface area contributed by atoms with Crippen molar-refractivity contribution in [2.45, 2.75) is 71.5 Å². The number of benzene rings is 1. The summed E-state index contributed by atoms with van der Waals surface area (Å²) in [5.41, 5.74) is 5.32. The van der Waals surface area contributed by atoms with Crippen LogP contribution in [0.2, 0.25) is 0 Å². The van der Waals surface area contributed by atoms with E-state index in [0.717, 1.165) is 28.6 Å². The van der Waals surface area contributed by atoms with Crippen molar-refractivity contribution in [2.75, 3.05) is 6.54 Å². The van der Waals surface area contributed by atoms with Crippen LogP contribution >= 0.6 is 0 Å². The van der Waals surface area contributed by atoms with Gasteiger partial charge in [-0.2, -0.15) is 10.2 Å². The lowest BCUT2D eigenvalue weighted by atomic mass is 10.0. The highest BCUT2D eigenvalue weighted by molar-refractivity contribution is 5.92. The molecule has 0 radical (unpaired) electrons. The summed E-state index contributed by atoms with van der Waals surface area (Å²) in [7, 11) is 0. The predicted molar refractivity (Wildman–Crippen MR) is 142 cm³/mol. The third-order valence-electron chi connectivity index (χ3n) is 6.38. The maximum Gasteiger partial charge on any atom is 0.322 e. The number of carbonyl (C=O) groups is 4. The van der Waals surface area contributed by atoms with E-state index in [0.29, 0.717) is 19.4 Å². The fourth-order valence-corrected chi connectivity index (χ4v) is 4.17. The number of aryl methyl sites for hydroxylation is 1. The third kappa shape index (κ3) is 7.58. The van der Waals surface area contributed by atoms with Gasteiger partial charge in [-0.15, -0.1) is 0 Å². The number of nitrogens with zero attached hydrogens (tertiary/aromatic N) is 3. The number of amides is 3. The second kappa shape index (κ2) is 13.1. The highest BCUT2D eigenvalue weighted by Gasteiger charge is 2.32. The number of hydrogen-bond acceptors (Lipinski definition) is 7. The van der Waals surface area contributed by atoms with Crippen LogP contribution in [0.4, 0.5) is 0 Å². The lowest BCUT2D eigenvalue weighted by Gasteiger charge is -2.34. The summed E-state index contributed by atoms with van der Waals surface area (Å²) < 4.78 is 0. The number of aromatic nitrogens is 2. The van der Waals surface area contributed by atoms with Crippen LogP contribution in [-0.4, -0.2) is 68.7 Å². The van der Waals surface area contributed by atoms with Gasteiger partial charge < -0.3 is 15.7 Å². The normalized spacial score (nSPS) is 17.4. The molecule has 1 aliphatic rings. The Kier molecular flexibility index (Phi) is 9.89. The Hall–Kier alpha value is -3.86. The molecule has 4 N–H and O–H groups in total. The standard InChI is InChI=1S/C27H36N6O5/c1-5-20-15-19-14-18(11-12-21(19)31-30-20)8-6-10-23(34)29-24(16(2)3)25(35)28-17(4)26(36)33-13-7-9-22(32-33)27(37)38/h6,8,11-12,14-17,22,24,32H,5,7,9-10,13H2,1-4H3,(H,28,35)(H,29,34)(H,37,38)/b8-6+/t17-,22-,24?/m0/s1. The summed E-state index contributed by atoms with van der Waals surface area (Å²) in [5, 5.41) is 25.2. The van der Waals surface area contributed by atoms with Gasteiger partial charge in [0.15, 0.2) is 0 Å². The molecule has 2 heterocycles. The molecule has 1 saturated heterocycles. The van der Waals surface area contributed by atoms with Crippen molar-refractivity contribution in [1.82, 2.24) is 31.3 Å². The van der Waals surface area contributed by atoms with Gasteiger partial charge in [-0.1, -0.05) is 39.0 Å². The quantitative estimate of drug-likeness (QED) is 0.367. The molecule has 204 valence electrons. The highest BCUT2D eigenvalue weighted by atomic mass is 16.4. The van der Waals surface area contributed by atoms with Crippen LogP contribution in [0.15, 0.2) is 30.3 Å². The Morgan fingerprint density at radius 1 is 1.16 bits per heavy atom. The minimum atomic E-state index is -1.03. The van der Waals surface area contributed by atoms with E-state index in [1.165, 1.54) is 11.9 Å². The first-order valence-electron chi connectivity index (χ1n) is 12.9. The molecule has 1 aliphatic heterocycles. The summed E-state index contributed by atoms with van der Waals surface area (Å²) in [6.45, 7) is 7.51. The van der Waals surface area contributed by atoms with Gasteiger partial charge in [0.05, 0.1) is 11.2 Å². The number of carbonyl (C=O) groups excluding carboxylic acids is 3. The van der Waals surface area contributed by atoms with Gasteiger partial charge in [0, 0.05) is 18.4 Å². The molecule has 1 aromatic heterocycles. The Labute approximate surface area is 222 Å². The van der Waals surface area contributed by atoms with Crippen molar-refractivity contribution < 1.29 is 24.3 Å². The maximum atomic E-state index is 12.9. The van der Waals surface area contributed by atoms with E-state index in [-0.39, 0.29) is 18.2 Å². The van der Waals surface area contributed by atoms with E-state index < -0.39 is 35.9 Å². The summed E-state index contributed by atoms with van der Waals surface area (Å²) in [6, 6.07) is 5.18. The molecule has 38 heavy (non-hydrogen) atoms. The van der Waals surface area contributed by atoms with Crippen molar-refractivity contribution >= 4 is 40.7 Å². The van der Waals surface area contributed by atoms with Crippen LogP contribution in [-0.2, 0) is 25.6 Å². The molecule has 1 unspecified atom stereocenters. The van der Waals surface area contributed by atoms with Crippen molar-refractivity contribution in [3.63, 3.8) is 0 Å². The summed E-state index contributed by atoms with van der Waals surface area (Å²) >= 11 is 0. The van der Waals surface area contributed by atoms with E-state index in [2.05, 4.69) is 26.3 Å². The molecule has 1 aromatic carbocycles. The molecular weight excluding hydrogens is 488 g/mol. The number of rotatable bonds is 10. The van der Waals surface area contributed by atoms with Crippen molar-refractivity contribution in [3.8, 4) is 0 Å².